The molecule has 0 saturated heterocycles. The van der Waals surface area contributed by atoms with E-state index in [4.69, 9.17) is 16.3 Å². The molecule has 0 atom stereocenters. The largest absolute Gasteiger partial charge is 0.455 e. The molecule has 3 aromatic rings. The summed E-state index contributed by atoms with van der Waals surface area (Å²) in [6, 6.07) is 15.5. The highest BCUT2D eigenvalue weighted by molar-refractivity contribution is 7.09. The molecule has 0 fully saturated rings. The summed E-state index contributed by atoms with van der Waals surface area (Å²) in [4.78, 5) is 31.0. The molecule has 2 heterocycles. The number of para-hydroxylation sites is 1. The lowest BCUT2D eigenvalue weighted by Crippen LogP contribution is -2.38. The number of aromatic nitrogens is 1. The van der Waals surface area contributed by atoms with E-state index in [2.05, 4.69) is 4.98 Å². The second-order valence-electron chi connectivity index (χ2n) is 7.15. The number of carbonyl (C=O) groups is 2. The molecule has 30 heavy (non-hydrogen) atoms. The fourth-order valence-electron chi connectivity index (χ4n) is 3.54. The molecule has 7 heteroatoms. The summed E-state index contributed by atoms with van der Waals surface area (Å²) >= 11 is 7.51. The number of anilines is 1. The minimum atomic E-state index is -0.451. The van der Waals surface area contributed by atoms with Gasteiger partial charge in [0, 0.05) is 29.1 Å². The van der Waals surface area contributed by atoms with Gasteiger partial charge in [0.05, 0.1) is 17.1 Å². The zero-order chi connectivity index (χ0) is 20.9. The van der Waals surface area contributed by atoms with Gasteiger partial charge in [0.2, 0.25) is 0 Å². The summed E-state index contributed by atoms with van der Waals surface area (Å²) < 4.78 is 5.24. The molecule has 0 bridgehead atoms. The summed E-state index contributed by atoms with van der Waals surface area (Å²) in [5, 5.41) is 3.44. The molecule has 5 nitrogen and oxygen atoms in total. The van der Waals surface area contributed by atoms with Gasteiger partial charge in [-0.2, -0.15) is 0 Å². The van der Waals surface area contributed by atoms with Crippen molar-refractivity contribution in [2.24, 2.45) is 0 Å². The topological polar surface area (TPSA) is 59.5 Å². The van der Waals surface area contributed by atoms with Gasteiger partial charge >= 0.3 is 5.97 Å². The van der Waals surface area contributed by atoms with E-state index < -0.39 is 5.97 Å². The normalized spacial score (nSPS) is 13.0. The molecule has 1 amide bonds. The first kappa shape index (κ1) is 20.6. The molecule has 0 aliphatic carbocycles. The SMILES string of the molecule is O=C(Cc1csc(Cc2cccc(Cl)c2)n1)OCC(=O)N1CCCc2ccccc21. The van der Waals surface area contributed by atoms with Crippen LogP contribution in [0.2, 0.25) is 5.02 Å². The van der Waals surface area contributed by atoms with Gasteiger partial charge in [0.25, 0.3) is 5.91 Å². The Balaban J connectivity index is 1.29. The summed E-state index contributed by atoms with van der Waals surface area (Å²) in [6.07, 6.45) is 2.58. The number of carbonyl (C=O) groups excluding carboxylic acids is 2. The monoisotopic (exact) mass is 440 g/mol. The van der Waals surface area contributed by atoms with E-state index in [9.17, 15) is 9.59 Å². The zero-order valence-corrected chi connectivity index (χ0v) is 17.9. The number of halogens is 1. The minimum absolute atomic E-state index is 0.0515. The second-order valence-corrected chi connectivity index (χ2v) is 8.53. The number of fused-ring (bicyclic) bond motifs is 1. The molecule has 0 unspecified atom stereocenters. The summed E-state index contributed by atoms with van der Waals surface area (Å²) in [5.41, 5.74) is 3.78. The molecule has 154 valence electrons. The number of hydrogen-bond acceptors (Lipinski definition) is 5. The Morgan fingerprint density at radius 2 is 2.03 bits per heavy atom. The van der Waals surface area contributed by atoms with Crippen molar-refractivity contribution in [1.82, 2.24) is 4.98 Å². The third kappa shape index (κ3) is 5.07. The average Bonchev–Trinajstić information content (AvgIpc) is 3.18. The van der Waals surface area contributed by atoms with Crippen LogP contribution in [-0.2, 0) is 33.6 Å². The maximum atomic E-state index is 12.6. The number of nitrogens with zero attached hydrogens (tertiary/aromatic N) is 2. The highest BCUT2D eigenvalue weighted by atomic mass is 35.5. The average molecular weight is 441 g/mol. The van der Waals surface area contributed by atoms with Crippen LogP contribution in [0.5, 0.6) is 0 Å². The van der Waals surface area contributed by atoms with Gasteiger partial charge in [-0.05, 0) is 42.2 Å². The standard InChI is InChI=1S/C23H21ClN2O3S/c24-18-8-3-5-16(11-18)12-21-25-19(15-30-21)13-23(28)29-14-22(27)26-10-4-7-17-6-1-2-9-20(17)26/h1-3,5-6,8-9,11,15H,4,7,10,12-14H2. The lowest BCUT2D eigenvalue weighted by Gasteiger charge is -2.29. The number of benzene rings is 2. The number of rotatable bonds is 6. The third-order valence-electron chi connectivity index (χ3n) is 4.94. The fraction of sp³-hybridized carbons (Fsp3) is 0.261. The van der Waals surface area contributed by atoms with E-state index in [1.807, 2.05) is 53.9 Å². The van der Waals surface area contributed by atoms with Gasteiger partial charge < -0.3 is 9.64 Å². The van der Waals surface area contributed by atoms with Gasteiger partial charge in [-0.3, -0.25) is 9.59 Å². The van der Waals surface area contributed by atoms with Gasteiger partial charge in [-0.1, -0.05) is 41.9 Å². The Kier molecular flexibility index (Phi) is 6.45. The number of esters is 1. The Morgan fingerprint density at radius 3 is 2.90 bits per heavy atom. The van der Waals surface area contributed by atoms with Crippen molar-refractivity contribution >= 4 is 40.5 Å². The van der Waals surface area contributed by atoms with Crippen LogP contribution in [0.15, 0.2) is 53.9 Å². The van der Waals surface area contributed by atoms with Crippen LogP contribution >= 0.6 is 22.9 Å². The van der Waals surface area contributed by atoms with Crippen LogP contribution in [0.25, 0.3) is 0 Å². The summed E-state index contributed by atoms with van der Waals surface area (Å²) in [5.74, 6) is -0.649. The molecular weight excluding hydrogens is 420 g/mol. The Bertz CT molecular complexity index is 1070. The number of ether oxygens (including phenoxy) is 1. The molecule has 0 saturated carbocycles. The molecule has 0 N–H and O–H groups in total. The first-order chi connectivity index (χ1) is 14.6. The van der Waals surface area contributed by atoms with Crippen molar-refractivity contribution in [3.63, 3.8) is 0 Å². The molecule has 1 aliphatic heterocycles. The summed E-state index contributed by atoms with van der Waals surface area (Å²) in [7, 11) is 0. The highest BCUT2D eigenvalue weighted by Crippen LogP contribution is 2.26. The smallest absolute Gasteiger partial charge is 0.312 e. The molecule has 2 aromatic carbocycles. The van der Waals surface area contributed by atoms with Gasteiger partial charge in [0.15, 0.2) is 6.61 Å². The second kappa shape index (κ2) is 9.41. The Labute approximate surface area is 184 Å². The van der Waals surface area contributed by atoms with Gasteiger partial charge in [-0.25, -0.2) is 4.98 Å². The van der Waals surface area contributed by atoms with Crippen LogP contribution in [0.4, 0.5) is 5.69 Å². The quantitative estimate of drug-likeness (QED) is 0.531. The minimum Gasteiger partial charge on any atom is -0.455 e. The van der Waals surface area contributed by atoms with E-state index in [0.717, 1.165) is 34.7 Å². The molecular formula is C23H21ClN2O3S. The van der Waals surface area contributed by atoms with Crippen LogP contribution in [-0.4, -0.2) is 30.0 Å². The lowest BCUT2D eigenvalue weighted by atomic mass is 10.0. The van der Waals surface area contributed by atoms with Crippen LogP contribution in [0, 0.1) is 0 Å². The van der Waals surface area contributed by atoms with Crippen molar-refractivity contribution in [1.29, 1.82) is 0 Å². The van der Waals surface area contributed by atoms with Crippen molar-refractivity contribution in [2.75, 3.05) is 18.1 Å². The third-order valence-corrected chi connectivity index (χ3v) is 6.07. The fourth-order valence-corrected chi connectivity index (χ4v) is 4.59. The van der Waals surface area contributed by atoms with Gasteiger partial charge in [0.1, 0.15) is 0 Å². The molecule has 1 aliphatic rings. The van der Waals surface area contributed by atoms with E-state index in [-0.39, 0.29) is 18.9 Å². The number of hydrogen-bond donors (Lipinski definition) is 0. The molecule has 0 radical (unpaired) electrons. The van der Waals surface area contributed by atoms with Crippen molar-refractivity contribution in [2.45, 2.75) is 25.7 Å². The van der Waals surface area contributed by atoms with Gasteiger partial charge in [-0.15, -0.1) is 11.3 Å². The zero-order valence-electron chi connectivity index (χ0n) is 16.3. The molecule has 4 rings (SSSR count). The maximum Gasteiger partial charge on any atom is 0.312 e. The van der Waals surface area contributed by atoms with E-state index in [1.54, 1.807) is 4.90 Å². The van der Waals surface area contributed by atoms with Crippen LogP contribution in [0.1, 0.15) is 28.2 Å². The van der Waals surface area contributed by atoms with E-state index in [1.165, 1.54) is 11.3 Å². The number of amides is 1. The van der Waals surface area contributed by atoms with E-state index in [0.29, 0.717) is 23.7 Å². The lowest BCUT2D eigenvalue weighted by molar-refractivity contribution is -0.147. The van der Waals surface area contributed by atoms with Crippen molar-refractivity contribution < 1.29 is 14.3 Å². The number of aryl methyl sites for hydroxylation is 1. The van der Waals surface area contributed by atoms with Crippen LogP contribution < -0.4 is 4.90 Å². The summed E-state index contributed by atoms with van der Waals surface area (Å²) in [6.45, 7) is 0.388. The predicted molar refractivity (Wildman–Crippen MR) is 118 cm³/mol. The van der Waals surface area contributed by atoms with E-state index >= 15 is 0 Å². The van der Waals surface area contributed by atoms with Crippen molar-refractivity contribution in [3.8, 4) is 0 Å². The maximum absolute atomic E-state index is 12.6. The van der Waals surface area contributed by atoms with Crippen molar-refractivity contribution in [3.05, 3.63) is 80.8 Å². The number of thiazole rings is 1. The Morgan fingerprint density at radius 1 is 1.17 bits per heavy atom. The van der Waals surface area contributed by atoms with Crippen LogP contribution in [0.3, 0.4) is 0 Å². The Hall–Kier alpha value is -2.70. The first-order valence-electron chi connectivity index (χ1n) is 9.80. The molecule has 1 aromatic heterocycles. The molecule has 0 spiro atoms. The highest BCUT2D eigenvalue weighted by Gasteiger charge is 2.23. The first-order valence-corrected chi connectivity index (χ1v) is 11.1. The predicted octanol–water partition coefficient (Wildman–Crippen LogP) is 4.45.